The van der Waals surface area contributed by atoms with Crippen LogP contribution in [-0.2, 0) is 6.18 Å². The van der Waals surface area contributed by atoms with Crippen molar-refractivity contribution in [2.45, 2.75) is 30.0 Å². The highest BCUT2D eigenvalue weighted by Crippen LogP contribution is 2.36. The third kappa shape index (κ3) is 6.44. The maximum atomic E-state index is 12.7. The standard InChI is InChI=1S/C24H22F3N3O4S/c25-24(26,27)16-6-8-17(9-7-16)33-18-10-13-30(14-11-18)35-21-5-1-4-20(22(21)23(31)29-32)34-19-3-2-12-28-15-19/h1-9,12,15,18,32H,10-11,13-14H2,(H,29,31). The minimum absolute atomic E-state index is 0.135. The number of benzene rings is 2. The number of halogens is 3. The number of nitrogens with one attached hydrogen (secondary N) is 1. The Morgan fingerprint density at radius 2 is 1.80 bits per heavy atom. The molecule has 1 saturated heterocycles. The summed E-state index contributed by atoms with van der Waals surface area (Å²) in [5.41, 5.74) is 1.15. The van der Waals surface area contributed by atoms with Gasteiger partial charge >= 0.3 is 6.18 Å². The number of amides is 1. The van der Waals surface area contributed by atoms with Gasteiger partial charge < -0.3 is 9.47 Å². The monoisotopic (exact) mass is 505 g/mol. The summed E-state index contributed by atoms with van der Waals surface area (Å²) in [6, 6.07) is 13.2. The van der Waals surface area contributed by atoms with E-state index in [4.69, 9.17) is 9.47 Å². The molecule has 35 heavy (non-hydrogen) atoms. The van der Waals surface area contributed by atoms with Crippen LogP contribution in [0.1, 0.15) is 28.8 Å². The maximum Gasteiger partial charge on any atom is 0.416 e. The fraction of sp³-hybridized carbons (Fsp3) is 0.250. The number of carbonyl (C=O) groups excluding carboxylic acids is 1. The number of alkyl halides is 3. The van der Waals surface area contributed by atoms with Crippen LogP contribution in [0.3, 0.4) is 0 Å². The number of carbonyl (C=O) groups is 1. The van der Waals surface area contributed by atoms with Crippen molar-refractivity contribution in [1.29, 1.82) is 0 Å². The second kappa shape index (κ2) is 11.0. The van der Waals surface area contributed by atoms with Gasteiger partial charge in [0.25, 0.3) is 5.91 Å². The zero-order valence-corrected chi connectivity index (χ0v) is 19.2. The van der Waals surface area contributed by atoms with E-state index in [1.807, 2.05) is 0 Å². The molecule has 7 nitrogen and oxygen atoms in total. The van der Waals surface area contributed by atoms with Gasteiger partial charge in [0.05, 0.1) is 17.3 Å². The Morgan fingerprint density at radius 1 is 1.06 bits per heavy atom. The fourth-order valence-electron chi connectivity index (χ4n) is 3.58. The maximum absolute atomic E-state index is 12.7. The van der Waals surface area contributed by atoms with Crippen LogP contribution < -0.4 is 15.0 Å². The normalized spacial score (nSPS) is 15.0. The smallest absolute Gasteiger partial charge is 0.416 e. The minimum atomic E-state index is -4.38. The van der Waals surface area contributed by atoms with Crippen molar-refractivity contribution in [3.8, 4) is 17.2 Å². The molecule has 4 rings (SSSR count). The van der Waals surface area contributed by atoms with Gasteiger partial charge in [0, 0.05) is 24.2 Å². The van der Waals surface area contributed by atoms with E-state index in [1.165, 1.54) is 30.3 Å². The fourth-order valence-corrected chi connectivity index (χ4v) is 4.68. The molecule has 0 saturated carbocycles. The van der Waals surface area contributed by atoms with Gasteiger partial charge in [0.15, 0.2) is 0 Å². The van der Waals surface area contributed by atoms with E-state index in [-0.39, 0.29) is 17.4 Å². The molecule has 2 aromatic carbocycles. The first kappa shape index (κ1) is 24.8. The van der Waals surface area contributed by atoms with E-state index in [0.29, 0.717) is 42.3 Å². The number of hydrogen-bond acceptors (Lipinski definition) is 7. The van der Waals surface area contributed by atoms with Crippen molar-refractivity contribution >= 4 is 17.9 Å². The molecule has 2 heterocycles. The largest absolute Gasteiger partial charge is 0.490 e. The average Bonchev–Trinajstić information content (AvgIpc) is 2.85. The quantitative estimate of drug-likeness (QED) is 0.247. The van der Waals surface area contributed by atoms with Gasteiger partial charge in [-0.05, 0) is 73.3 Å². The molecule has 0 unspecified atom stereocenters. The number of hydroxylamine groups is 1. The Labute approximate surface area is 204 Å². The zero-order valence-electron chi connectivity index (χ0n) is 18.4. The summed E-state index contributed by atoms with van der Waals surface area (Å²) in [7, 11) is 0. The number of piperidine rings is 1. The van der Waals surface area contributed by atoms with Crippen molar-refractivity contribution in [3.05, 3.63) is 78.1 Å². The summed E-state index contributed by atoms with van der Waals surface area (Å²) in [6.45, 7) is 1.26. The Kier molecular flexibility index (Phi) is 7.79. The van der Waals surface area contributed by atoms with Crippen molar-refractivity contribution in [1.82, 2.24) is 14.8 Å². The Hall–Kier alpha value is -3.28. The van der Waals surface area contributed by atoms with Crippen LogP contribution in [0, 0.1) is 0 Å². The van der Waals surface area contributed by atoms with Gasteiger partial charge in [-0.2, -0.15) is 13.2 Å². The van der Waals surface area contributed by atoms with Crippen molar-refractivity contribution in [3.63, 3.8) is 0 Å². The molecule has 1 aliphatic heterocycles. The average molecular weight is 506 g/mol. The number of pyridine rings is 1. The molecule has 2 N–H and O–H groups in total. The number of hydrogen-bond donors (Lipinski definition) is 2. The number of rotatable bonds is 7. The van der Waals surface area contributed by atoms with E-state index < -0.39 is 17.6 Å². The topological polar surface area (TPSA) is 83.9 Å². The first-order chi connectivity index (χ1) is 16.8. The molecule has 1 aromatic heterocycles. The summed E-state index contributed by atoms with van der Waals surface area (Å²) < 4.78 is 51.9. The highest BCUT2D eigenvalue weighted by atomic mass is 32.2. The summed E-state index contributed by atoms with van der Waals surface area (Å²) in [5, 5.41) is 9.28. The van der Waals surface area contributed by atoms with Crippen LogP contribution in [0.4, 0.5) is 13.2 Å². The minimum Gasteiger partial charge on any atom is -0.490 e. The third-order valence-electron chi connectivity index (χ3n) is 5.29. The van der Waals surface area contributed by atoms with Crippen LogP contribution in [-0.4, -0.2) is 39.6 Å². The highest BCUT2D eigenvalue weighted by molar-refractivity contribution is 7.97. The van der Waals surface area contributed by atoms with Crippen molar-refractivity contribution < 1.29 is 32.6 Å². The lowest BCUT2D eigenvalue weighted by Gasteiger charge is -2.31. The highest BCUT2D eigenvalue weighted by Gasteiger charge is 2.30. The van der Waals surface area contributed by atoms with E-state index in [1.54, 1.807) is 42.0 Å². The van der Waals surface area contributed by atoms with Crippen molar-refractivity contribution in [2.75, 3.05) is 13.1 Å². The molecule has 0 aliphatic carbocycles. The van der Waals surface area contributed by atoms with E-state index in [0.717, 1.165) is 12.1 Å². The molecule has 1 aliphatic rings. The predicted molar refractivity (Wildman–Crippen MR) is 123 cm³/mol. The Bertz CT molecular complexity index is 1140. The lowest BCUT2D eigenvalue weighted by molar-refractivity contribution is -0.137. The first-order valence-electron chi connectivity index (χ1n) is 10.8. The molecular formula is C24H22F3N3O4S. The number of nitrogens with zero attached hydrogens (tertiary/aromatic N) is 2. The molecule has 0 bridgehead atoms. The van der Waals surface area contributed by atoms with Gasteiger partial charge in [0.1, 0.15) is 23.4 Å². The van der Waals surface area contributed by atoms with Crippen molar-refractivity contribution in [2.24, 2.45) is 0 Å². The van der Waals surface area contributed by atoms with Crippen LogP contribution in [0.15, 0.2) is 71.9 Å². The first-order valence-corrected chi connectivity index (χ1v) is 11.5. The summed E-state index contributed by atoms with van der Waals surface area (Å²) in [5.74, 6) is 0.414. The van der Waals surface area contributed by atoms with Gasteiger partial charge in [-0.25, -0.2) is 9.79 Å². The van der Waals surface area contributed by atoms with E-state index >= 15 is 0 Å². The molecule has 0 radical (unpaired) electrons. The molecule has 0 atom stereocenters. The second-order valence-corrected chi connectivity index (χ2v) is 8.86. The third-order valence-corrected chi connectivity index (χ3v) is 6.45. The lowest BCUT2D eigenvalue weighted by atomic mass is 10.1. The molecule has 184 valence electrons. The number of ether oxygens (including phenoxy) is 2. The van der Waals surface area contributed by atoms with E-state index in [2.05, 4.69) is 9.29 Å². The van der Waals surface area contributed by atoms with E-state index in [9.17, 15) is 23.2 Å². The Balaban J connectivity index is 1.39. The van der Waals surface area contributed by atoms with Crippen LogP contribution in [0.5, 0.6) is 17.2 Å². The number of aromatic nitrogens is 1. The predicted octanol–water partition coefficient (Wildman–Crippen LogP) is 5.56. The summed E-state index contributed by atoms with van der Waals surface area (Å²) >= 11 is 1.36. The molecule has 11 heteroatoms. The van der Waals surface area contributed by atoms with Gasteiger partial charge in [-0.1, -0.05) is 6.07 Å². The molecule has 0 spiro atoms. The van der Waals surface area contributed by atoms with Crippen LogP contribution in [0.2, 0.25) is 0 Å². The molecule has 1 amide bonds. The lowest BCUT2D eigenvalue weighted by Crippen LogP contribution is -2.34. The van der Waals surface area contributed by atoms with Gasteiger partial charge in [-0.3, -0.25) is 15.0 Å². The van der Waals surface area contributed by atoms with Gasteiger partial charge in [-0.15, -0.1) is 0 Å². The summed E-state index contributed by atoms with van der Waals surface area (Å²) in [4.78, 5) is 17.0. The summed E-state index contributed by atoms with van der Waals surface area (Å²) in [6.07, 6.45) is -0.0902. The molecule has 1 fully saturated rings. The zero-order chi connectivity index (χ0) is 24.8. The van der Waals surface area contributed by atoms with Crippen LogP contribution >= 0.6 is 11.9 Å². The SMILES string of the molecule is O=C(NO)c1c(Oc2cccnc2)cccc1SN1CCC(Oc2ccc(C(F)(F)F)cc2)CC1. The van der Waals surface area contributed by atoms with Gasteiger partial charge in [0.2, 0.25) is 0 Å². The molecular weight excluding hydrogens is 483 g/mol. The van der Waals surface area contributed by atoms with Crippen LogP contribution in [0.25, 0.3) is 0 Å². The molecule has 3 aromatic rings. The second-order valence-electron chi connectivity index (χ2n) is 7.72. The Morgan fingerprint density at radius 3 is 2.43 bits per heavy atom.